The molecule has 102 valence electrons. The van der Waals surface area contributed by atoms with Crippen molar-refractivity contribution >= 4 is 10.8 Å². The van der Waals surface area contributed by atoms with Crippen molar-refractivity contribution in [2.45, 2.75) is 45.1 Å². The zero-order valence-electron chi connectivity index (χ0n) is 12.0. The van der Waals surface area contributed by atoms with Gasteiger partial charge >= 0.3 is 0 Å². The summed E-state index contributed by atoms with van der Waals surface area (Å²) in [6.07, 6.45) is 8.30. The average molecular weight is 256 g/mol. The molecule has 2 rings (SSSR count). The maximum atomic E-state index is 4.61. The average Bonchev–Trinajstić information content (AvgIpc) is 2.47. The first-order valence-corrected chi connectivity index (χ1v) is 7.37. The number of aromatic nitrogens is 1. The van der Waals surface area contributed by atoms with Crippen molar-refractivity contribution in [2.24, 2.45) is 0 Å². The Morgan fingerprint density at radius 1 is 1.11 bits per heavy atom. The fraction of sp³-hybridized carbons (Fsp3) is 0.471. The van der Waals surface area contributed by atoms with Gasteiger partial charge in [0, 0.05) is 17.6 Å². The largest absolute Gasteiger partial charge is 0.312 e. The third-order valence-corrected chi connectivity index (χ3v) is 3.73. The Morgan fingerprint density at radius 3 is 2.74 bits per heavy atom. The van der Waals surface area contributed by atoms with Gasteiger partial charge in [-0.1, -0.05) is 56.9 Å². The topological polar surface area (TPSA) is 24.9 Å². The van der Waals surface area contributed by atoms with Crippen molar-refractivity contribution in [1.29, 1.82) is 0 Å². The van der Waals surface area contributed by atoms with E-state index in [9.17, 15) is 0 Å². The maximum absolute atomic E-state index is 4.61. The quantitative estimate of drug-likeness (QED) is 0.739. The minimum atomic E-state index is 0.364. The van der Waals surface area contributed by atoms with E-state index in [1.165, 1.54) is 42.1 Å². The van der Waals surface area contributed by atoms with Crippen LogP contribution in [0.15, 0.2) is 36.5 Å². The zero-order valence-corrected chi connectivity index (χ0v) is 12.0. The summed E-state index contributed by atoms with van der Waals surface area (Å²) < 4.78 is 0. The van der Waals surface area contributed by atoms with Crippen LogP contribution in [0.2, 0.25) is 0 Å². The number of hydrogen-bond acceptors (Lipinski definition) is 2. The summed E-state index contributed by atoms with van der Waals surface area (Å²) >= 11 is 0. The third-order valence-electron chi connectivity index (χ3n) is 3.73. The van der Waals surface area contributed by atoms with Gasteiger partial charge in [0.15, 0.2) is 0 Å². The molecule has 2 heteroatoms. The lowest BCUT2D eigenvalue weighted by molar-refractivity contribution is 0.499. The number of nitrogens with zero attached hydrogens (tertiary/aromatic N) is 1. The minimum absolute atomic E-state index is 0.364. The zero-order chi connectivity index (χ0) is 13.5. The molecule has 0 fully saturated rings. The molecule has 1 unspecified atom stereocenters. The van der Waals surface area contributed by atoms with Gasteiger partial charge < -0.3 is 5.32 Å². The Morgan fingerprint density at radius 2 is 1.95 bits per heavy atom. The summed E-state index contributed by atoms with van der Waals surface area (Å²) in [6, 6.07) is 11.0. The van der Waals surface area contributed by atoms with Crippen LogP contribution < -0.4 is 5.32 Å². The smallest absolute Gasteiger partial charge is 0.0651 e. The fourth-order valence-electron chi connectivity index (χ4n) is 2.61. The normalized spacial score (nSPS) is 12.7. The standard InChI is InChI=1S/C17H24N2/c1-3-4-5-6-11-16(18-2)17-15-10-8-7-9-14(15)12-13-19-17/h7-10,12-13,16,18H,3-6,11H2,1-2H3. The van der Waals surface area contributed by atoms with E-state index in [0.717, 1.165) is 6.42 Å². The Bertz CT molecular complexity index is 502. The molecular weight excluding hydrogens is 232 g/mol. The predicted octanol–water partition coefficient (Wildman–Crippen LogP) is 4.47. The van der Waals surface area contributed by atoms with Gasteiger partial charge in [-0.05, 0) is 24.9 Å². The van der Waals surface area contributed by atoms with Crippen LogP contribution in [0.3, 0.4) is 0 Å². The Hall–Kier alpha value is -1.41. The summed E-state index contributed by atoms with van der Waals surface area (Å²) in [5, 5.41) is 5.98. The first-order chi connectivity index (χ1) is 9.36. The van der Waals surface area contributed by atoms with E-state index in [4.69, 9.17) is 0 Å². The van der Waals surface area contributed by atoms with Gasteiger partial charge in [-0.15, -0.1) is 0 Å². The molecule has 0 aliphatic carbocycles. The van der Waals surface area contributed by atoms with E-state index in [0.29, 0.717) is 6.04 Å². The highest BCUT2D eigenvalue weighted by Gasteiger charge is 2.13. The molecule has 19 heavy (non-hydrogen) atoms. The van der Waals surface area contributed by atoms with Crippen molar-refractivity contribution in [3.8, 4) is 0 Å². The van der Waals surface area contributed by atoms with Crippen molar-refractivity contribution in [1.82, 2.24) is 10.3 Å². The first kappa shape index (κ1) is 14.0. The summed E-state index contributed by atoms with van der Waals surface area (Å²) in [4.78, 5) is 4.61. The number of rotatable bonds is 7. The summed E-state index contributed by atoms with van der Waals surface area (Å²) in [5.41, 5.74) is 1.19. The molecule has 0 bridgehead atoms. The SMILES string of the molecule is CCCCCCC(NC)c1nccc2ccccc12. The van der Waals surface area contributed by atoms with Crippen molar-refractivity contribution < 1.29 is 0 Å². The lowest BCUT2D eigenvalue weighted by Gasteiger charge is -2.17. The molecule has 0 saturated heterocycles. The van der Waals surface area contributed by atoms with E-state index in [2.05, 4.69) is 47.6 Å². The molecule has 2 nitrogen and oxygen atoms in total. The van der Waals surface area contributed by atoms with Gasteiger partial charge in [0.05, 0.1) is 5.69 Å². The van der Waals surface area contributed by atoms with Crippen LogP contribution in [0.25, 0.3) is 10.8 Å². The van der Waals surface area contributed by atoms with Gasteiger partial charge in [-0.25, -0.2) is 0 Å². The molecule has 0 spiro atoms. The van der Waals surface area contributed by atoms with E-state index in [1.54, 1.807) is 0 Å². The van der Waals surface area contributed by atoms with Crippen LogP contribution in [0.4, 0.5) is 0 Å². The monoisotopic (exact) mass is 256 g/mol. The third kappa shape index (κ3) is 3.54. The maximum Gasteiger partial charge on any atom is 0.0651 e. The predicted molar refractivity (Wildman–Crippen MR) is 82.3 cm³/mol. The van der Waals surface area contributed by atoms with Gasteiger partial charge in [-0.3, -0.25) is 4.98 Å². The summed E-state index contributed by atoms with van der Waals surface area (Å²) in [6.45, 7) is 2.25. The minimum Gasteiger partial charge on any atom is -0.312 e. The Labute approximate surface area is 116 Å². The molecule has 0 radical (unpaired) electrons. The van der Waals surface area contributed by atoms with Crippen LogP contribution in [-0.4, -0.2) is 12.0 Å². The molecule has 1 aromatic carbocycles. The Balaban J connectivity index is 2.16. The molecule has 0 amide bonds. The summed E-state index contributed by atoms with van der Waals surface area (Å²) in [7, 11) is 2.04. The van der Waals surface area contributed by atoms with E-state index >= 15 is 0 Å². The Kier molecular flexibility index (Phi) is 5.34. The lowest BCUT2D eigenvalue weighted by atomic mass is 10.00. The second-order valence-electron chi connectivity index (χ2n) is 5.11. The molecule has 0 saturated carbocycles. The number of nitrogens with one attached hydrogen (secondary N) is 1. The molecule has 0 aliphatic heterocycles. The molecular formula is C17H24N2. The molecule has 1 heterocycles. The van der Waals surface area contributed by atoms with Crippen LogP contribution >= 0.6 is 0 Å². The summed E-state index contributed by atoms with van der Waals surface area (Å²) in [5.74, 6) is 0. The molecule has 1 N–H and O–H groups in total. The van der Waals surface area contributed by atoms with Gasteiger partial charge in [0.2, 0.25) is 0 Å². The van der Waals surface area contributed by atoms with Crippen molar-refractivity contribution in [3.63, 3.8) is 0 Å². The van der Waals surface area contributed by atoms with Gasteiger partial charge in [0.25, 0.3) is 0 Å². The highest BCUT2D eigenvalue weighted by Crippen LogP contribution is 2.25. The molecule has 1 atom stereocenters. The highest BCUT2D eigenvalue weighted by molar-refractivity contribution is 5.84. The van der Waals surface area contributed by atoms with Crippen molar-refractivity contribution in [3.05, 3.63) is 42.2 Å². The molecule has 0 aliphatic rings. The number of hydrogen-bond donors (Lipinski definition) is 1. The van der Waals surface area contributed by atoms with Crippen molar-refractivity contribution in [2.75, 3.05) is 7.05 Å². The van der Waals surface area contributed by atoms with Crippen LogP contribution in [-0.2, 0) is 0 Å². The second-order valence-corrected chi connectivity index (χ2v) is 5.11. The van der Waals surface area contributed by atoms with E-state index in [-0.39, 0.29) is 0 Å². The number of benzene rings is 1. The van der Waals surface area contributed by atoms with E-state index < -0.39 is 0 Å². The number of pyridine rings is 1. The lowest BCUT2D eigenvalue weighted by Crippen LogP contribution is -2.18. The fourth-order valence-corrected chi connectivity index (χ4v) is 2.61. The van der Waals surface area contributed by atoms with Gasteiger partial charge in [0.1, 0.15) is 0 Å². The second kappa shape index (κ2) is 7.25. The van der Waals surface area contributed by atoms with Gasteiger partial charge in [-0.2, -0.15) is 0 Å². The number of fused-ring (bicyclic) bond motifs is 1. The number of unbranched alkanes of at least 4 members (excludes halogenated alkanes) is 3. The van der Waals surface area contributed by atoms with E-state index in [1.807, 2.05) is 13.2 Å². The molecule has 1 aromatic heterocycles. The van der Waals surface area contributed by atoms with Crippen LogP contribution in [0.5, 0.6) is 0 Å². The van der Waals surface area contributed by atoms with Crippen LogP contribution in [0.1, 0.15) is 50.8 Å². The highest BCUT2D eigenvalue weighted by atomic mass is 14.9. The first-order valence-electron chi connectivity index (χ1n) is 7.37. The molecule has 2 aromatic rings. The van der Waals surface area contributed by atoms with Crippen LogP contribution in [0, 0.1) is 0 Å².